The van der Waals surface area contributed by atoms with Gasteiger partial charge in [0.05, 0.1) is 13.1 Å². The Morgan fingerprint density at radius 2 is 2.24 bits per heavy atom. The summed E-state index contributed by atoms with van der Waals surface area (Å²) < 4.78 is 1.84. The van der Waals surface area contributed by atoms with Gasteiger partial charge in [0, 0.05) is 11.4 Å². The number of carbonyl (C=O) groups excluding carboxylic acids is 1. The summed E-state index contributed by atoms with van der Waals surface area (Å²) >= 11 is 12.0. The number of amides is 1. The van der Waals surface area contributed by atoms with Gasteiger partial charge in [-0.15, -0.1) is 11.3 Å². The van der Waals surface area contributed by atoms with Gasteiger partial charge >= 0.3 is 0 Å². The van der Waals surface area contributed by atoms with Gasteiger partial charge in [-0.3, -0.25) is 4.79 Å². The molecule has 2 unspecified atom stereocenters. The van der Waals surface area contributed by atoms with Crippen molar-refractivity contribution in [2.24, 2.45) is 5.92 Å². The molecule has 0 aliphatic heterocycles. The first-order chi connectivity index (χ1) is 8.08. The minimum Gasteiger partial charge on any atom is -0.352 e. The molecule has 0 spiro atoms. The molecule has 6 heteroatoms. The van der Waals surface area contributed by atoms with Crippen LogP contribution in [-0.4, -0.2) is 17.3 Å². The predicted molar refractivity (Wildman–Crippen MR) is 82.1 cm³/mol. The summed E-state index contributed by atoms with van der Waals surface area (Å²) in [6, 6.07) is 1.85. The van der Waals surface area contributed by atoms with Crippen molar-refractivity contribution in [2.75, 3.05) is 6.54 Å². The first-order valence-electron chi connectivity index (χ1n) is 5.45. The van der Waals surface area contributed by atoms with Crippen molar-refractivity contribution in [3.63, 3.8) is 0 Å². The summed E-state index contributed by atoms with van der Waals surface area (Å²) in [7, 11) is 0. The van der Waals surface area contributed by atoms with Crippen LogP contribution in [-0.2, 0) is 0 Å². The molecule has 2 nitrogen and oxygen atoms in total. The molecule has 0 bridgehead atoms. The fourth-order valence-corrected chi connectivity index (χ4v) is 5.60. The maximum Gasteiger partial charge on any atom is 0.253 e. The molecular weight excluding hydrogens is 434 g/mol. The van der Waals surface area contributed by atoms with Gasteiger partial charge in [-0.1, -0.05) is 22.4 Å². The van der Waals surface area contributed by atoms with Crippen molar-refractivity contribution in [1.29, 1.82) is 0 Å². The Balaban J connectivity index is 1.91. The molecule has 0 saturated heterocycles. The zero-order chi connectivity index (χ0) is 12.4. The number of halogens is 3. The lowest BCUT2D eigenvalue weighted by atomic mass is 10.1. The van der Waals surface area contributed by atoms with Crippen LogP contribution in [0, 0.1) is 5.92 Å². The third kappa shape index (κ3) is 3.55. The van der Waals surface area contributed by atoms with Gasteiger partial charge in [0.2, 0.25) is 0 Å². The van der Waals surface area contributed by atoms with E-state index in [1.165, 1.54) is 30.6 Å². The largest absolute Gasteiger partial charge is 0.352 e. The van der Waals surface area contributed by atoms with Crippen molar-refractivity contribution >= 4 is 65.0 Å². The lowest BCUT2D eigenvalue weighted by Gasteiger charge is -2.14. The zero-order valence-corrected chi connectivity index (χ0v) is 14.6. The SMILES string of the molecule is O=C(NCC1CCCC1Br)c1cc(Br)sc1Br. The summed E-state index contributed by atoms with van der Waals surface area (Å²) in [6.45, 7) is 0.759. The van der Waals surface area contributed by atoms with Crippen LogP contribution in [0.2, 0.25) is 0 Å². The molecule has 1 amide bonds. The standard InChI is InChI=1S/C11H12Br3NOS/c12-8-3-1-2-6(8)5-15-11(16)7-4-9(13)17-10(7)14/h4,6,8H,1-3,5H2,(H,15,16). The second kappa shape index (κ2) is 6.17. The maximum absolute atomic E-state index is 12.0. The van der Waals surface area contributed by atoms with E-state index in [1.54, 1.807) is 0 Å². The number of hydrogen-bond donors (Lipinski definition) is 1. The maximum atomic E-state index is 12.0. The number of rotatable bonds is 3. The third-order valence-electron chi connectivity index (χ3n) is 2.99. The summed E-state index contributed by atoms with van der Waals surface area (Å²) in [5, 5.41) is 3.01. The number of hydrogen-bond acceptors (Lipinski definition) is 2. The van der Waals surface area contributed by atoms with Gasteiger partial charge in [0.25, 0.3) is 5.91 Å². The van der Waals surface area contributed by atoms with Crippen LogP contribution in [0.3, 0.4) is 0 Å². The molecule has 2 rings (SSSR count). The second-order valence-electron chi connectivity index (χ2n) is 4.15. The van der Waals surface area contributed by atoms with E-state index in [0.717, 1.165) is 14.1 Å². The molecule has 1 saturated carbocycles. The summed E-state index contributed by atoms with van der Waals surface area (Å²) in [4.78, 5) is 12.5. The van der Waals surface area contributed by atoms with E-state index in [9.17, 15) is 4.79 Å². The number of thiophene rings is 1. The van der Waals surface area contributed by atoms with E-state index in [-0.39, 0.29) is 5.91 Å². The Morgan fingerprint density at radius 1 is 1.47 bits per heavy atom. The molecule has 0 radical (unpaired) electrons. The Labute approximate surface area is 130 Å². The molecule has 2 atom stereocenters. The number of carbonyl (C=O) groups is 1. The van der Waals surface area contributed by atoms with E-state index in [2.05, 4.69) is 53.1 Å². The van der Waals surface area contributed by atoms with Crippen LogP contribution in [0.25, 0.3) is 0 Å². The van der Waals surface area contributed by atoms with E-state index < -0.39 is 0 Å². The van der Waals surface area contributed by atoms with Gasteiger partial charge in [0.15, 0.2) is 0 Å². The molecule has 1 aromatic rings. The minimum atomic E-state index is 0.00502. The van der Waals surface area contributed by atoms with Crippen molar-refractivity contribution in [2.45, 2.75) is 24.1 Å². The van der Waals surface area contributed by atoms with Crippen LogP contribution in [0.15, 0.2) is 13.6 Å². The molecule has 17 heavy (non-hydrogen) atoms. The highest BCUT2D eigenvalue weighted by molar-refractivity contribution is 9.12. The Bertz CT molecular complexity index is 421. The number of nitrogens with one attached hydrogen (secondary N) is 1. The number of alkyl halides is 1. The average Bonchev–Trinajstić information content (AvgIpc) is 2.81. The molecule has 1 aliphatic rings. The highest BCUT2D eigenvalue weighted by atomic mass is 79.9. The first kappa shape index (κ1) is 14.0. The molecule has 1 N–H and O–H groups in total. The second-order valence-corrected chi connectivity index (χ2v) is 9.08. The first-order valence-corrected chi connectivity index (χ1v) is 8.77. The van der Waals surface area contributed by atoms with Gasteiger partial charge in [0.1, 0.15) is 0 Å². The highest BCUT2D eigenvalue weighted by Crippen LogP contribution is 2.33. The van der Waals surface area contributed by atoms with E-state index in [0.29, 0.717) is 16.3 Å². The monoisotopic (exact) mass is 443 g/mol. The van der Waals surface area contributed by atoms with E-state index in [1.807, 2.05) is 6.07 Å². The quantitative estimate of drug-likeness (QED) is 0.678. The normalized spacial score (nSPS) is 23.9. The van der Waals surface area contributed by atoms with Gasteiger partial charge < -0.3 is 5.32 Å². The third-order valence-corrected chi connectivity index (χ3v) is 6.54. The lowest BCUT2D eigenvalue weighted by Crippen LogP contribution is -2.30. The average molecular weight is 446 g/mol. The van der Waals surface area contributed by atoms with Crippen LogP contribution >= 0.6 is 59.1 Å². The van der Waals surface area contributed by atoms with Crippen molar-refractivity contribution < 1.29 is 4.79 Å². The fourth-order valence-electron chi connectivity index (χ4n) is 2.04. The van der Waals surface area contributed by atoms with Crippen LogP contribution in [0.1, 0.15) is 29.6 Å². The summed E-state index contributed by atoms with van der Waals surface area (Å²) in [6.07, 6.45) is 3.67. The van der Waals surface area contributed by atoms with Crippen molar-refractivity contribution in [1.82, 2.24) is 5.32 Å². The van der Waals surface area contributed by atoms with E-state index >= 15 is 0 Å². The minimum absolute atomic E-state index is 0.00502. The Kier molecular flexibility index (Phi) is 5.09. The molecule has 1 aromatic heterocycles. The molecule has 94 valence electrons. The van der Waals surface area contributed by atoms with Crippen LogP contribution in [0.4, 0.5) is 0 Å². The summed E-state index contributed by atoms with van der Waals surface area (Å²) in [5.41, 5.74) is 0.714. The topological polar surface area (TPSA) is 29.1 Å². The molecular formula is C11H12Br3NOS. The van der Waals surface area contributed by atoms with Crippen LogP contribution < -0.4 is 5.32 Å². The predicted octanol–water partition coefficient (Wildman–Crippen LogP) is 4.57. The van der Waals surface area contributed by atoms with E-state index in [4.69, 9.17) is 0 Å². The molecule has 1 aliphatic carbocycles. The van der Waals surface area contributed by atoms with Crippen LogP contribution in [0.5, 0.6) is 0 Å². The van der Waals surface area contributed by atoms with Crippen molar-refractivity contribution in [3.8, 4) is 0 Å². The smallest absolute Gasteiger partial charge is 0.253 e. The molecule has 1 heterocycles. The highest BCUT2D eigenvalue weighted by Gasteiger charge is 2.25. The molecule has 0 aromatic carbocycles. The van der Waals surface area contributed by atoms with Gasteiger partial charge in [-0.25, -0.2) is 0 Å². The fraction of sp³-hybridized carbons (Fsp3) is 0.545. The van der Waals surface area contributed by atoms with Gasteiger partial charge in [-0.2, -0.15) is 0 Å². The zero-order valence-electron chi connectivity index (χ0n) is 9.01. The lowest BCUT2D eigenvalue weighted by molar-refractivity contribution is 0.0947. The summed E-state index contributed by atoms with van der Waals surface area (Å²) in [5.74, 6) is 0.574. The van der Waals surface area contributed by atoms with Crippen molar-refractivity contribution in [3.05, 3.63) is 19.2 Å². The Morgan fingerprint density at radius 3 is 2.76 bits per heavy atom. The molecule has 1 fully saturated rings. The van der Waals surface area contributed by atoms with Gasteiger partial charge in [-0.05, 0) is 56.7 Å². The Hall–Kier alpha value is 0.610.